The van der Waals surface area contributed by atoms with Gasteiger partial charge in [-0.1, -0.05) is 0 Å². The van der Waals surface area contributed by atoms with Gasteiger partial charge in [-0.3, -0.25) is 14.5 Å². The maximum atomic E-state index is 12.7. The number of aromatic nitrogens is 1. The Morgan fingerprint density at radius 2 is 1.81 bits per heavy atom. The number of nitrogens with zero attached hydrogens (tertiary/aromatic N) is 3. The second-order valence-electron chi connectivity index (χ2n) is 8.00. The molecule has 1 spiro atoms. The summed E-state index contributed by atoms with van der Waals surface area (Å²) in [5, 5.41) is 10.5. The molecule has 0 bridgehead atoms. The fraction of sp³-hybridized carbons (Fsp3) is 0.474. The van der Waals surface area contributed by atoms with E-state index in [1.54, 1.807) is 18.2 Å². The lowest BCUT2D eigenvalue weighted by Crippen LogP contribution is -2.74. The van der Waals surface area contributed by atoms with Gasteiger partial charge >= 0.3 is 0 Å². The highest BCUT2D eigenvalue weighted by atomic mass is 16.3. The number of rotatable bonds is 3. The van der Waals surface area contributed by atoms with Gasteiger partial charge in [0.15, 0.2) is 0 Å². The number of amides is 2. The number of phenols is 1. The van der Waals surface area contributed by atoms with Crippen molar-refractivity contribution >= 4 is 22.7 Å². The third-order valence-electron chi connectivity index (χ3n) is 5.89. The van der Waals surface area contributed by atoms with Crippen LogP contribution >= 0.6 is 0 Å². The third-order valence-corrected chi connectivity index (χ3v) is 5.89. The van der Waals surface area contributed by atoms with Crippen LogP contribution in [0.5, 0.6) is 5.75 Å². The van der Waals surface area contributed by atoms with Crippen molar-refractivity contribution in [3.8, 4) is 5.75 Å². The molecule has 0 radical (unpaired) electrons. The number of H-pyrrole nitrogens is 1. The number of likely N-dealkylation sites (tertiary alicyclic amines) is 3. The average molecular weight is 354 g/mol. The second-order valence-corrected chi connectivity index (χ2v) is 8.00. The van der Waals surface area contributed by atoms with Crippen molar-refractivity contribution in [2.24, 2.45) is 5.41 Å². The fourth-order valence-electron chi connectivity index (χ4n) is 4.28. The van der Waals surface area contributed by atoms with Crippen molar-refractivity contribution in [1.29, 1.82) is 0 Å². The number of nitrogens with one attached hydrogen (secondary N) is 1. The summed E-state index contributed by atoms with van der Waals surface area (Å²) in [5.74, 6) is 0.380. The van der Waals surface area contributed by atoms with Crippen molar-refractivity contribution in [1.82, 2.24) is 19.7 Å². The van der Waals surface area contributed by atoms with Crippen molar-refractivity contribution in [2.45, 2.75) is 6.42 Å². The molecule has 136 valence electrons. The summed E-state index contributed by atoms with van der Waals surface area (Å²) in [6, 6.07) is 6.86. The molecule has 3 saturated heterocycles. The number of phenolic OH excluding ortho intramolecular Hbond substituents is 1. The normalized spacial score (nSPS) is 21.4. The Hall–Kier alpha value is -2.54. The van der Waals surface area contributed by atoms with Crippen LogP contribution in [0.2, 0.25) is 0 Å². The molecule has 2 N–H and O–H groups in total. The summed E-state index contributed by atoms with van der Waals surface area (Å²) >= 11 is 0. The van der Waals surface area contributed by atoms with Crippen LogP contribution in [0, 0.1) is 5.41 Å². The molecule has 0 atom stereocenters. The van der Waals surface area contributed by atoms with Gasteiger partial charge in [0.2, 0.25) is 5.91 Å². The van der Waals surface area contributed by atoms with Gasteiger partial charge in [-0.05, 0) is 37.7 Å². The molecule has 1 aromatic heterocycles. The van der Waals surface area contributed by atoms with E-state index in [1.807, 2.05) is 15.9 Å². The summed E-state index contributed by atoms with van der Waals surface area (Å²) in [5.41, 5.74) is 1.41. The number of benzene rings is 1. The van der Waals surface area contributed by atoms with Crippen LogP contribution < -0.4 is 0 Å². The highest BCUT2D eigenvalue weighted by Gasteiger charge is 2.54. The van der Waals surface area contributed by atoms with Gasteiger partial charge < -0.3 is 19.9 Å². The van der Waals surface area contributed by atoms with Gasteiger partial charge in [0, 0.05) is 48.6 Å². The fourth-order valence-corrected chi connectivity index (χ4v) is 4.28. The minimum absolute atomic E-state index is 0.0170. The van der Waals surface area contributed by atoms with E-state index in [0.29, 0.717) is 25.3 Å². The van der Waals surface area contributed by atoms with E-state index in [9.17, 15) is 14.7 Å². The predicted molar refractivity (Wildman–Crippen MR) is 95.9 cm³/mol. The maximum absolute atomic E-state index is 12.7. The standard InChI is InChI=1S/C19H22N4O3/c24-14-3-2-13-6-16(20-15(13)7-14)18(26)23-11-19(12-23)9-22(10-19)17(25)8-21-4-1-5-21/h2-3,6-7,20,24H,1,4-5,8-12H2. The van der Waals surface area contributed by atoms with Crippen molar-refractivity contribution in [3.63, 3.8) is 0 Å². The molecule has 3 aliphatic heterocycles. The SMILES string of the molecule is O=C(CN1CCC1)N1CC2(C1)CN(C(=O)c1cc3ccc(O)cc3[nH]1)C2. The summed E-state index contributed by atoms with van der Waals surface area (Å²) in [7, 11) is 0. The molecule has 0 unspecified atom stereocenters. The van der Waals surface area contributed by atoms with Crippen molar-refractivity contribution < 1.29 is 14.7 Å². The molecule has 3 aliphatic rings. The molecule has 5 rings (SSSR count). The second kappa shape index (κ2) is 5.48. The Morgan fingerprint density at radius 1 is 1.08 bits per heavy atom. The van der Waals surface area contributed by atoms with Gasteiger partial charge in [-0.15, -0.1) is 0 Å². The summed E-state index contributed by atoms with van der Waals surface area (Å²) < 4.78 is 0. The zero-order valence-corrected chi connectivity index (χ0v) is 14.6. The Balaban J connectivity index is 1.17. The molecule has 0 aliphatic carbocycles. The maximum Gasteiger partial charge on any atom is 0.270 e. The number of carbonyl (C=O) groups excluding carboxylic acids is 2. The van der Waals surface area contributed by atoms with Crippen LogP contribution in [0.3, 0.4) is 0 Å². The molecule has 0 saturated carbocycles. The van der Waals surface area contributed by atoms with E-state index >= 15 is 0 Å². The molecule has 2 aromatic rings. The quantitative estimate of drug-likeness (QED) is 0.857. The van der Waals surface area contributed by atoms with Crippen LogP contribution in [-0.4, -0.2) is 82.4 Å². The van der Waals surface area contributed by atoms with E-state index in [2.05, 4.69) is 9.88 Å². The van der Waals surface area contributed by atoms with E-state index in [0.717, 1.165) is 37.1 Å². The number of carbonyl (C=O) groups is 2. The van der Waals surface area contributed by atoms with Crippen LogP contribution in [0.4, 0.5) is 0 Å². The Labute approximate surface area is 151 Å². The zero-order chi connectivity index (χ0) is 17.9. The highest BCUT2D eigenvalue weighted by Crippen LogP contribution is 2.40. The first-order valence-corrected chi connectivity index (χ1v) is 9.13. The van der Waals surface area contributed by atoms with Gasteiger partial charge in [0.25, 0.3) is 5.91 Å². The molecule has 7 heteroatoms. The van der Waals surface area contributed by atoms with Crippen LogP contribution in [0.25, 0.3) is 10.9 Å². The number of aromatic hydroxyl groups is 1. The number of aromatic amines is 1. The molecule has 2 amide bonds. The molecule has 3 fully saturated rings. The minimum Gasteiger partial charge on any atom is -0.508 e. The lowest BCUT2D eigenvalue weighted by atomic mass is 9.72. The predicted octanol–water partition coefficient (Wildman–Crippen LogP) is 0.864. The van der Waals surface area contributed by atoms with E-state index in [-0.39, 0.29) is 23.0 Å². The molecule has 4 heterocycles. The number of hydrogen-bond donors (Lipinski definition) is 2. The van der Waals surface area contributed by atoms with Crippen LogP contribution in [0.1, 0.15) is 16.9 Å². The summed E-state index contributed by atoms with van der Waals surface area (Å²) in [4.78, 5) is 33.9. The van der Waals surface area contributed by atoms with E-state index in [1.165, 1.54) is 6.42 Å². The van der Waals surface area contributed by atoms with E-state index in [4.69, 9.17) is 0 Å². The van der Waals surface area contributed by atoms with Crippen LogP contribution in [0.15, 0.2) is 24.3 Å². The van der Waals surface area contributed by atoms with Crippen molar-refractivity contribution in [3.05, 3.63) is 30.0 Å². The molecule has 1 aromatic carbocycles. The first-order chi connectivity index (χ1) is 12.5. The monoisotopic (exact) mass is 354 g/mol. The summed E-state index contributed by atoms with van der Waals surface area (Å²) in [6.07, 6.45) is 1.20. The van der Waals surface area contributed by atoms with Gasteiger partial charge in [-0.2, -0.15) is 0 Å². The van der Waals surface area contributed by atoms with Gasteiger partial charge in [-0.25, -0.2) is 0 Å². The Bertz CT molecular complexity index is 887. The topological polar surface area (TPSA) is 79.9 Å². The first-order valence-electron chi connectivity index (χ1n) is 9.13. The van der Waals surface area contributed by atoms with Gasteiger partial charge in [0.1, 0.15) is 11.4 Å². The number of hydrogen-bond acceptors (Lipinski definition) is 4. The lowest BCUT2D eigenvalue weighted by molar-refractivity contribution is -0.156. The van der Waals surface area contributed by atoms with Crippen molar-refractivity contribution in [2.75, 3.05) is 45.8 Å². The average Bonchev–Trinajstić information content (AvgIpc) is 2.91. The summed E-state index contributed by atoms with van der Waals surface area (Å²) in [6.45, 7) is 5.57. The molecular formula is C19H22N4O3. The molecular weight excluding hydrogens is 332 g/mol. The van der Waals surface area contributed by atoms with Crippen LogP contribution in [-0.2, 0) is 4.79 Å². The molecule has 26 heavy (non-hydrogen) atoms. The lowest BCUT2D eigenvalue weighted by Gasteiger charge is -2.60. The number of fused-ring (bicyclic) bond motifs is 1. The minimum atomic E-state index is -0.0170. The smallest absolute Gasteiger partial charge is 0.270 e. The molecule has 7 nitrogen and oxygen atoms in total. The Kier molecular flexibility index (Phi) is 3.31. The Morgan fingerprint density at radius 3 is 2.50 bits per heavy atom. The highest BCUT2D eigenvalue weighted by molar-refractivity contribution is 5.98. The third kappa shape index (κ3) is 2.46. The largest absolute Gasteiger partial charge is 0.508 e. The zero-order valence-electron chi connectivity index (χ0n) is 14.6. The van der Waals surface area contributed by atoms with Gasteiger partial charge in [0.05, 0.1) is 6.54 Å². The van der Waals surface area contributed by atoms with E-state index < -0.39 is 0 Å². The first kappa shape index (κ1) is 15.7.